The van der Waals surface area contributed by atoms with Crippen molar-refractivity contribution in [3.05, 3.63) is 53.5 Å². The zero-order valence-electron chi connectivity index (χ0n) is 12.4. The van der Waals surface area contributed by atoms with Crippen molar-refractivity contribution in [1.29, 1.82) is 0 Å². The molecule has 0 saturated carbocycles. The zero-order valence-corrected chi connectivity index (χ0v) is 15.2. The predicted molar refractivity (Wildman–Crippen MR) is 76.7 cm³/mol. The molecule has 1 atom stereocenters. The number of benzene rings is 1. The Morgan fingerprint density at radius 2 is 1.70 bits per heavy atom. The molecule has 0 aliphatic carbocycles. The molecule has 5 heteroatoms. The molecule has 20 heavy (non-hydrogen) atoms. The normalized spacial score (nSPS) is 11.4. The topological polar surface area (TPSA) is 50.7 Å². The Labute approximate surface area is 145 Å². The van der Waals surface area contributed by atoms with Crippen molar-refractivity contribution in [3.63, 3.8) is 0 Å². The number of hydrogen-bond acceptors (Lipinski definition) is 4. The first-order valence-corrected chi connectivity index (χ1v) is 6.41. The van der Waals surface area contributed by atoms with Crippen LogP contribution in [-0.4, -0.2) is 15.0 Å². The number of hydrogen-bond donors (Lipinski definition) is 1. The Kier molecular flexibility index (Phi) is 6.57. The van der Waals surface area contributed by atoms with Crippen molar-refractivity contribution >= 4 is 5.95 Å². The summed E-state index contributed by atoms with van der Waals surface area (Å²) < 4.78 is 0. The van der Waals surface area contributed by atoms with E-state index in [-0.39, 0.29) is 38.8 Å². The van der Waals surface area contributed by atoms with Crippen LogP contribution in [0.15, 0.2) is 30.3 Å². The van der Waals surface area contributed by atoms with Gasteiger partial charge in [-0.3, -0.25) is 4.98 Å². The number of aromatic nitrogens is 3. The Bertz CT molecular complexity index is 543. The van der Waals surface area contributed by atoms with Gasteiger partial charge in [0.1, 0.15) is 5.82 Å². The summed E-state index contributed by atoms with van der Waals surface area (Å²) in [6, 6.07) is 10.4. The van der Waals surface area contributed by atoms with E-state index in [0.717, 1.165) is 17.6 Å². The van der Waals surface area contributed by atoms with Crippen LogP contribution in [0.1, 0.15) is 44.0 Å². The fourth-order valence-corrected chi connectivity index (χ4v) is 1.79. The second-order valence-electron chi connectivity index (χ2n) is 4.81. The van der Waals surface area contributed by atoms with E-state index in [1.807, 2.05) is 39.0 Å². The molecule has 0 fully saturated rings. The first-order chi connectivity index (χ1) is 9.06. The van der Waals surface area contributed by atoms with Gasteiger partial charge in [0.2, 0.25) is 5.95 Å². The molecule has 0 saturated heterocycles. The Hall–Kier alpha value is -0.996. The summed E-state index contributed by atoms with van der Waals surface area (Å²) in [6.45, 7) is 7.97. The molecule has 4 nitrogen and oxygen atoms in total. The maximum atomic E-state index is 4.43. The summed E-state index contributed by atoms with van der Waals surface area (Å²) >= 11 is 0. The molecule has 103 valence electrons. The molecule has 2 rings (SSSR count). The minimum absolute atomic E-state index is 0. The summed E-state index contributed by atoms with van der Waals surface area (Å²) in [7, 11) is 0. The fourth-order valence-electron chi connectivity index (χ4n) is 1.79. The molecule has 0 aliphatic rings. The number of anilines is 1. The van der Waals surface area contributed by atoms with Crippen LogP contribution in [0, 0.1) is 12.8 Å². The van der Waals surface area contributed by atoms with Crippen LogP contribution in [-0.2, 0) is 32.7 Å². The monoisotopic (exact) mass is 344 g/mol. The van der Waals surface area contributed by atoms with E-state index in [1.165, 1.54) is 5.56 Å². The molecular formula is C15H19N4Y-. The fraction of sp³-hybridized carbons (Fsp3) is 0.333. The Balaban J connectivity index is 0.00000200. The standard InChI is InChI=1S/C15H19N4.Y/c1-10(2)14-17-12(4)18-15(19-14)16-11(3)13-8-6-5-7-9-13;/h5-9,11H,1-4H3,(H,16,17,18,19);/q-1;. The molecule has 0 amide bonds. The molecule has 1 aromatic carbocycles. The van der Waals surface area contributed by atoms with Crippen molar-refractivity contribution in [2.75, 3.05) is 5.32 Å². The van der Waals surface area contributed by atoms with Crippen LogP contribution in [0.3, 0.4) is 0 Å². The second kappa shape index (κ2) is 7.70. The van der Waals surface area contributed by atoms with E-state index in [0.29, 0.717) is 5.95 Å². The van der Waals surface area contributed by atoms with Crippen LogP contribution in [0.4, 0.5) is 5.95 Å². The van der Waals surface area contributed by atoms with Gasteiger partial charge in [-0.1, -0.05) is 30.3 Å². The van der Waals surface area contributed by atoms with E-state index in [2.05, 4.69) is 39.3 Å². The minimum atomic E-state index is 0. The summed E-state index contributed by atoms with van der Waals surface area (Å²) in [4.78, 5) is 13.1. The van der Waals surface area contributed by atoms with Gasteiger partial charge < -0.3 is 11.2 Å². The van der Waals surface area contributed by atoms with Gasteiger partial charge in [0, 0.05) is 38.5 Å². The Morgan fingerprint density at radius 1 is 1.05 bits per heavy atom. The number of aryl methyl sites for hydroxylation is 1. The van der Waals surface area contributed by atoms with E-state index in [4.69, 9.17) is 0 Å². The Morgan fingerprint density at radius 3 is 2.30 bits per heavy atom. The number of nitrogens with zero attached hydrogens (tertiary/aromatic N) is 3. The van der Waals surface area contributed by atoms with Crippen molar-refractivity contribution in [1.82, 2.24) is 15.0 Å². The van der Waals surface area contributed by atoms with Crippen molar-refractivity contribution in [3.8, 4) is 0 Å². The average molecular weight is 344 g/mol. The third kappa shape index (κ3) is 4.53. The first kappa shape index (κ1) is 17.1. The molecule has 1 N–H and O–H groups in total. The van der Waals surface area contributed by atoms with Gasteiger partial charge in [-0.05, 0) is 19.4 Å². The second-order valence-corrected chi connectivity index (χ2v) is 4.81. The predicted octanol–water partition coefficient (Wildman–Crippen LogP) is 3.31. The summed E-state index contributed by atoms with van der Waals surface area (Å²) in [5.74, 6) is 3.19. The van der Waals surface area contributed by atoms with Gasteiger partial charge in [0.05, 0.1) is 6.04 Å². The van der Waals surface area contributed by atoms with Gasteiger partial charge in [-0.15, -0.1) is 0 Å². The molecule has 0 aliphatic heterocycles. The summed E-state index contributed by atoms with van der Waals surface area (Å²) in [6.07, 6.45) is 0. The molecule has 1 radical (unpaired) electrons. The molecule has 1 aromatic heterocycles. The molecule has 1 unspecified atom stereocenters. The third-order valence-corrected chi connectivity index (χ3v) is 2.84. The van der Waals surface area contributed by atoms with E-state index in [9.17, 15) is 0 Å². The summed E-state index contributed by atoms with van der Waals surface area (Å²) in [5, 5.41) is 3.32. The quantitative estimate of drug-likeness (QED) is 0.865. The van der Waals surface area contributed by atoms with Crippen LogP contribution in [0.5, 0.6) is 0 Å². The molecule has 0 spiro atoms. The zero-order chi connectivity index (χ0) is 13.8. The SMILES string of the molecule is Cc1nc(NC(C)c2ccccc2)nc([C-](C)C)n1.[Y]. The van der Waals surface area contributed by atoms with Crippen molar-refractivity contribution in [2.24, 2.45) is 0 Å². The third-order valence-electron chi connectivity index (χ3n) is 2.84. The summed E-state index contributed by atoms with van der Waals surface area (Å²) in [5.41, 5.74) is 1.21. The van der Waals surface area contributed by atoms with Gasteiger partial charge in [0.25, 0.3) is 0 Å². The minimum Gasteiger partial charge on any atom is -0.348 e. The smallest absolute Gasteiger partial charge is 0.224 e. The van der Waals surface area contributed by atoms with Gasteiger partial charge in [-0.25, -0.2) is 4.98 Å². The van der Waals surface area contributed by atoms with Crippen LogP contribution >= 0.6 is 0 Å². The maximum Gasteiger partial charge on any atom is 0.224 e. The molecule has 0 bridgehead atoms. The maximum absolute atomic E-state index is 4.43. The van der Waals surface area contributed by atoms with Crippen LogP contribution in [0.25, 0.3) is 0 Å². The molecule has 2 aromatic rings. The molecule has 1 heterocycles. The van der Waals surface area contributed by atoms with Gasteiger partial charge >= 0.3 is 0 Å². The van der Waals surface area contributed by atoms with Gasteiger partial charge in [-0.2, -0.15) is 18.8 Å². The van der Waals surface area contributed by atoms with Crippen molar-refractivity contribution in [2.45, 2.75) is 33.7 Å². The van der Waals surface area contributed by atoms with E-state index in [1.54, 1.807) is 0 Å². The van der Waals surface area contributed by atoms with Crippen molar-refractivity contribution < 1.29 is 32.7 Å². The van der Waals surface area contributed by atoms with Crippen LogP contribution in [0.2, 0.25) is 0 Å². The largest absolute Gasteiger partial charge is 0.348 e. The first-order valence-electron chi connectivity index (χ1n) is 6.41. The van der Waals surface area contributed by atoms with Gasteiger partial charge in [0.15, 0.2) is 0 Å². The number of nitrogens with one attached hydrogen (secondary N) is 1. The average Bonchev–Trinajstić information content (AvgIpc) is 2.39. The van der Waals surface area contributed by atoms with Crippen LogP contribution < -0.4 is 5.32 Å². The number of rotatable bonds is 4. The van der Waals surface area contributed by atoms with E-state index >= 15 is 0 Å². The molecular weight excluding hydrogens is 325 g/mol. The van der Waals surface area contributed by atoms with E-state index < -0.39 is 0 Å².